The number of carbonyl (C=O) groups excluding carboxylic acids is 2. The van der Waals surface area contributed by atoms with E-state index < -0.39 is 0 Å². The molecular weight excluding hydrogens is 254 g/mol. The maximum Gasteiger partial charge on any atom is 0.261 e. The van der Waals surface area contributed by atoms with Gasteiger partial charge in [0.25, 0.3) is 11.8 Å². The van der Waals surface area contributed by atoms with Gasteiger partial charge in [-0.05, 0) is 12.1 Å². The summed E-state index contributed by atoms with van der Waals surface area (Å²) in [5.74, 6) is -0.272. The zero-order chi connectivity index (χ0) is 13.7. The van der Waals surface area contributed by atoms with Gasteiger partial charge in [-0.3, -0.25) is 24.3 Å². The smallest absolute Gasteiger partial charge is 0.261 e. The molecule has 104 valence electrons. The second kappa shape index (κ2) is 4.40. The standard InChI is InChI=1S/C15H17N3O2/c19-14-12-3-1-2-4-13(12)15(20)18(14)10-11-9-16-5-7-17(11)8-6-16/h1-4,11H,5-10H2. The summed E-state index contributed by atoms with van der Waals surface area (Å²) < 4.78 is 0. The fourth-order valence-electron chi connectivity index (χ4n) is 3.51. The molecule has 5 nitrogen and oxygen atoms in total. The molecule has 2 amide bonds. The maximum atomic E-state index is 12.4. The number of hydrogen-bond acceptors (Lipinski definition) is 4. The van der Waals surface area contributed by atoms with Crippen molar-refractivity contribution >= 4 is 11.8 Å². The highest BCUT2D eigenvalue weighted by molar-refractivity contribution is 6.21. The Morgan fingerprint density at radius 1 is 0.950 bits per heavy atom. The van der Waals surface area contributed by atoms with Crippen molar-refractivity contribution < 1.29 is 9.59 Å². The van der Waals surface area contributed by atoms with Gasteiger partial charge in [0, 0.05) is 45.3 Å². The van der Waals surface area contributed by atoms with Crippen molar-refractivity contribution in [3.8, 4) is 0 Å². The molecule has 3 saturated heterocycles. The first-order valence-corrected chi connectivity index (χ1v) is 7.15. The average molecular weight is 271 g/mol. The van der Waals surface area contributed by atoms with Gasteiger partial charge in [0.1, 0.15) is 0 Å². The number of imide groups is 1. The lowest BCUT2D eigenvalue weighted by Crippen LogP contribution is -2.63. The van der Waals surface area contributed by atoms with E-state index in [4.69, 9.17) is 0 Å². The fourth-order valence-corrected chi connectivity index (χ4v) is 3.51. The van der Waals surface area contributed by atoms with E-state index in [9.17, 15) is 9.59 Å². The molecule has 0 saturated carbocycles. The predicted octanol–water partition coefficient (Wildman–Crippen LogP) is 0.282. The van der Waals surface area contributed by atoms with Gasteiger partial charge >= 0.3 is 0 Å². The number of fused-ring (bicyclic) bond motifs is 4. The Morgan fingerprint density at radius 2 is 1.55 bits per heavy atom. The number of benzene rings is 1. The summed E-state index contributed by atoms with van der Waals surface area (Å²) in [7, 11) is 0. The molecule has 5 heteroatoms. The van der Waals surface area contributed by atoms with E-state index in [1.807, 2.05) is 12.1 Å². The third kappa shape index (κ3) is 1.70. The van der Waals surface area contributed by atoms with Crippen LogP contribution in [0.15, 0.2) is 24.3 Å². The number of rotatable bonds is 2. The Labute approximate surface area is 117 Å². The number of hydrogen-bond donors (Lipinski definition) is 0. The second-order valence-electron chi connectivity index (χ2n) is 5.76. The topological polar surface area (TPSA) is 43.9 Å². The van der Waals surface area contributed by atoms with Crippen LogP contribution < -0.4 is 0 Å². The zero-order valence-electron chi connectivity index (χ0n) is 11.3. The summed E-state index contributed by atoms with van der Waals surface area (Å²) >= 11 is 0. The first-order valence-electron chi connectivity index (χ1n) is 7.15. The Balaban J connectivity index is 1.56. The van der Waals surface area contributed by atoms with E-state index in [1.165, 1.54) is 4.90 Å². The van der Waals surface area contributed by atoms with Crippen LogP contribution in [0.3, 0.4) is 0 Å². The Hall–Kier alpha value is -1.72. The lowest BCUT2D eigenvalue weighted by Gasteiger charge is -2.48. The monoisotopic (exact) mass is 271 g/mol. The molecule has 5 rings (SSSR count). The fraction of sp³-hybridized carbons (Fsp3) is 0.467. The van der Waals surface area contributed by atoms with Crippen molar-refractivity contribution in [2.75, 3.05) is 39.3 Å². The molecule has 0 spiro atoms. The van der Waals surface area contributed by atoms with E-state index in [2.05, 4.69) is 9.80 Å². The molecule has 0 radical (unpaired) electrons. The molecule has 3 fully saturated rings. The van der Waals surface area contributed by atoms with Gasteiger partial charge in [-0.15, -0.1) is 0 Å². The molecule has 4 aliphatic heterocycles. The molecule has 4 aliphatic rings. The molecule has 0 aliphatic carbocycles. The van der Waals surface area contributed by atoms with Gasteiger partial charge in [0.05, 0.1) is 11.1 Å². The van der Waals surface area contributed by atoms with Gasteiger partial charge in [-0.25, -0.2) is 0 Å². The van der Waals surface area contributed by atoms with Crippen LogP contribution in [0.1, 0.15) is 20.7 Å². The summed E-state index contributed by atoms with van der Waals surface area (Å²) in [4.78, 5) is 31.0. The molecular formula is C15H17N3O2. The second-order valence-corrected chi connectivity index (χ2v) is 5.76. The van der Waals surface area contributed by atoms with Crippen LogP contribution in [0, 0.1) is 0 Å². The van der Waals surface area contributed by atoms with E-state index >= 15 is 0 Å². The highest BCUT2D eigenvalue weighted by atomic mass is 16.2. The molecule has 20 heavy (non-hydrogen) atoms. The number of piperazine rings is 3. The molecule has 1 unspecified atom stereocenters. The van der Waals surface area contributed by atoms with Gasteiger partial charge < -0.3 is 0 Å². The van der Waals surface area contributed by atoms with Crippen LogP contribution in [-0.4, -0.2) is 71.8 Å². The summed E-state index contributed by atoms with van der Waals surface area (Å²) in [5.41, 5.74) is 1.10. The summed E-state index contributed by atoms with van der Waals surface area (Å²) in [6.07, 6.45) is 0. The highest BCUT2D eigenvalue weighted by Gasteiger charge is 2.40. The van der Waals surface area contributed by atoms with Crippen molar-refractivity contribution in [3.63, 3.8) is 0 Å². The van der Waals surface area contributed by atoms with Gasteiger partial charge in [-0.1, -0.05) is 12.1 Å². The summed E-state index contributed by atoms with van der Waals surface area (Å²) in [6, 6.07) is 7.40. The Kier molecular flexibility index (Phi) is 2.65. The first kappa shape index (κ1) is 12.1. The van der Waals surface area contributed by atoms with E-state index in [0.717, 1.165) is 32.7 Å². The molecule has 0 aromatic heterocycles. The van der Waals surface area contributed by atoms with E-state index in [0.29, 0.717) is 23.7 Å². The zero-order valence-corrected chi connectivity index (χ0v) is 11.3. The minimum absolute atomic E-state index is 0.136. The predicted molar refractivity (Wildman–Crippen MR) is 73.6 cm³/mol. The van der Waals surface area contributed by atoms with E-state index in [1.54, 1.807) is 12.1 Å². The third-order valence-electron chi connectivity index (χ3n) is 4.66. The van der Waals surface area contributed by atoms with Crippen molar-refractivity contribution in [3.05, 3.63) is 35.4 Å². The highest BCUT2D eigenvalue weighted by Crippen LogP contribution is 2.24. The molecule has 1 aromatic rings. The number of nitrogens with zero attached hydrogens (tertiary/aromatic N) is 3. The number of carbonyl (C=O) groups is 2. The SMILES string of the molecule is O=C1c2ccccc2C(=O)N1CC1CN2CCN1CC2. The van der Waals surface area contributed by atoms with Crippen LogP contribution >= 0.6 is 0 Å². The Bertz CT molecular complexity index is 543. The molecule has 4 heterocycles. The first-order chi connectivity index (χ1) is 9.74. The third-order valence-corrected chi connectivity index (χ3v) is 4.66. The lowest BCUT2D eigenvalue weighted by molar-refractivity contribution is 0.00119. The van der Waals surface area contributed by atoms with Crippen molar-refractivity contribution in [1.82, 2.24) is 14.7 Å². The van der Waals surface area contributed by atoms with Gasteiger partial charge in [0.2, 0.25) is 0 Å². The molecule has 2 bridgehead atoms. The van der Waals surface area contributed by atoms with Crippen LogP contribution in [0.2, 0.25) is 0 Å². The van der Waals surface area contributed by atoms with Crippen molar-refractivity contribution in [2.24, 2.45) is 0 Å². The summed E-state index contributed by atoms with van der Waals surface area (Å²) in [5, 5.41) is 0. The summed E-state index contributed by atoms with van der Waals surface area (Å²) in [6.45, 7) is 5.80. The van der Waals surface area contributed by atoms with Gasteiger partial charge in [-0.2, -0.15) is 0 Å². The molecule has 0 N–H and O–H groups in total. The van der Waals surface area contributed by atoms with Crippen LogP contribution in [-0.2, 0) is 0 Å². The minimum atomic E-state index is -0.136. The molecule has 1 aromatic carbocycles. The van der Waals surface area contributed by atoms with Crippen LogP contribution in [0.25, 0.3) is 0 Å². The number of amides is 2. The maximum absolute atomic E-state index is 12.4. The van der Waals surface area contributed by atoms with Gasteiger partial charge in [0.15, 0.2) is 0 Å². The lowest BCUT2D eigenvalue weighted by atomic mass is 10.1. The van der Waals surface area contributed by atoms with Crippen molar-refractivity contribution in [1.29, 1.82) is 0 Å². The average Bonchev–Trinajstić information content (AvgIpc) is 2.74. The van der Waals surface area contributed by atoms with Crippen LogP contribution in [0.5, 0.6) is 0 Å². The Morgan fingerprint density at radius 3 is 2.05 bits per heavy atom. The normalized spacial score (nSPS) is 31.8. The molecule has 1 atom stereocenters. The quantitative estimate of drug-likeness (QED) is 0.725. The minimum Gasteiger partial charge on any atom is -0.299 e. The largest absolute Gasteiger partial charge is 0.299 e. The van der Waals surface area contributed by atoms with E-state index in [-0.39, 0.29) is 11.8 Å². The van der Waals surface area contributed by atoms with Crippen molar-refractivity contribution in [2.45, 2.75) is 6.04 Å². The van der Waals surface area contributed by atoms with Crippen LogP contribution in [0.4, 0.5) is 0 Å².